The Hall–Kier alpha value is -0.950. The average Bonchev–Trinajstić information content (AvgIpc) is 2.45. The van der Waals surface area contributed by atoms with Crippen LogP contribution in [0.15, 0.2) is 0 Å². The summed E-state index contributed by atoms with van der Waals surface area (Å²) < 4.78 is 0. The minimum absolute atomic E-state index is 0.231. The SMILES string of the molecule is CN1CCCC(CNC(=O)N2CCSCC2C(=O)O)C1. The van der Waals surface area contributed by atoms with Crippen molar-refractivity contribution in [2.24, 2.45) is 5.92 Å². The molecule has 2 rings (SSSR count). The van der Waals surface area contributed by atoms with Crippen LogP contribution in [-0.4, -0.2) is 77.7 Å². The molecule has 2 aliphatic rings. The second-order valence-electron chi connectivity index (χ2n) is 5.58. The third-order valence-corrected chi connectivity index (χ3v) is 4.96. The summed E-state index contributed by atoms with van der Waals surface area (Å²) in [5.41, 5.74) is 0. The van der Waals surface area contributed by atoms with Crippen LogP contribution in [0.2, 0.25) is 0 Å². The molecule has 2 aliphatic heterocycles. The van der Waals surface area contributed by atoms with Crippen LogP contribution in [0.1, 0.15) is 12.8 Å². The first-order chi connectivity index (χ1) is 9.58. The lowest BCUT2D eigenvalue weighted by Crippen LogP contribution is -2.54. The van der Waals surface area contributed by atoms with E-state index in [0.717, 1.165) is 31.7 Å². The molecular weight excluding hydrogens is 278 g/mol. The highest BCUT2D eigenvalue weighted by Gasteiger charge is 2.32. The minimum Gasteiger partial charge on any atom is -0.480 e. The maximum Gasteiger partial charge on any atom is 0.327 e. The summed E-state index contributed by atoms with van der Waals surface area (Å²) in [6, 6.07) is -0.922. The number of carboxylic acid groups (broad SMARTS) is 1. The Balaban J connectivity index is 1.82. The van der Waals surface area contributed by atoms with Crippen LogP contribution in [0.5, 0.6) is 0 Å². The van der Waals surface area contributed by atoms with E-state index < -0.39 is 12.0 Å². The molecule has 2 heterocycles. The predicted octanol–water partition coefficient (Wildman–Crippen LogP) is 0.540. The number of thioether (sulfide) groups is 1. The molecule has 0 aliphatic carbocycles. The fraction of sp³-hybridized carbons (Fsp3) is 0.846. The monoisotopic (exact) mass is 301 g/mol. The fourth-order valence-corrected chi connectivity index (χ4v) is 3.86. The Morgan fingerprint density at radius 2 is 2.20 bits per heavy atom. The van der Waals surface area contributed by atoms with Gasteiger partial charge in [0.25, 0.3) is 0 Å². The molecule has 0 saturated carbocycles. The van der Waals surface area contributed by atoms with Gasteiger partial charge in [0.15, 0.2) is 0 Å². The number of piperidine rings is 1. The topological polar surface area (TPSA) is 72.9 Å². The normalized spacial score (nSPS) is 28.1. The van der Waals surface area contributed by atoms with Gasteiger partial charge in [-0.05, 0) is 32.4 Å². The zero-order chi connectivity index (χ0) is 14.5. The molecule has 2 amide bonds. The van der Waals surface area contributed by atoms with Crippen LogP contribution in [0.4, 0.5) is 4.79 Å². The number of nitrogens with zero attached hydrogens (tertiary/aromatic N) is 2. The average molecular weight is 301 g/mol. The van der Waals surface area contributed by atoms with Gasteiger partial charge in [-0.1, -0.05) is 0 Å². The van der Waals surface area contributed by atoms with Crippen molar-refractivity contribution in [1.29, 1.82) is 0 Å². The number of likely N-dealkylation sites (tertiary alicyclic amines) is 1. The molecule has 2 N–H and O–H groups in total. The van der Waals surface area contributed by atoms with E-state index >= 15 is 0 Å². The third kappa shape index (κ3) is 4.02. The Bertz CT molecular complexity index is 367. The van der Waals surface area contributed by atoms with Crippen molar-refractivity contribution in [3.63, 3.8) is 0 Å². The van der Waals surface area contributed by atoms with Crippen LogP contribution < -0.4 is 5.32 Å². The Morgan fingerprint density at radius 1 is 1.40 bits per heavy atom. The molecule has 0 aromatic heterocycles. The number of carbonyl (C=O) groups excluding carboxylic acids is 1. The van der Waals surface area contributed by atoms with Gasteiger partial charge < -0.3 is 20.2 Å². The number of aliphatic carboxylic acids is 1. The predicted molar refractivity (Wildman–Crippen MR) is 79.1 cm³/mol. The Kier molecular flexibility index (Phi) is 5.54. The number of carbonyl (C=O) groups is 2. The highest BCUT2D eigenvalue weighted by Crippen LogP contribution is 2.18. The summed E-state index contributed by atoms with van der Waals surface area (Å²) in [7, 11) is 2.09. The number of hydrogen-bond donors (Lipinski definition) is 2. The van der Waals surface area contributed by atoms with Crippen molar-refractivity contribution in [2.75, 3.05) is 44.7 Å². The van der Waals surface area contributed by atoms with Crippen LogP contribution in [0.3, 0.4) is 0 Å². The molecule has 0 aromatic rings. The highest BCUT2D eigenvalue weighted by molar-refractivity contribution is 7.99. The van der Waals surface area contributed by atoms with Crippen molar-refractivity contribution >= 4 is 23.8 Å². The van der Waals surface area contributed by atoms with Crippen molar-refractivity contribution in [2.45, 2.75) is 18.9 Å². The molecule has 114 valence electrons. The van der Waals surface area contributed by atoms with E-state index in [1.165, 1.54) is 4.90 Å². The van der Waals surface area contributed by atoms with Gasteiger partial charge in [-0.15, -0.1) is 0 Å². The van der Waals surface area contributed by atoms with Gasteiger partial charge in [0, 0.05) is 31.1 Å². The van der Waals surface area contributed by atoms with Crippen molar-refractivity contribution < 1.29 is 14.7 Å². The van der Waals surface area contributed by atoms with Crippen molar-refractivity contribution in [3.05, 3.63) is 0 Å². The van der Waals surface area contributed by atoms with E-state index in [-0.39, 0.29) is 6.03 Å². The summed E-state index contributed by atoms with van der Waals surface area (Å²) in [5, 5.41) is 12.1. The quantitative estimate of drug-likeness (QED) is 0.796. The van der Waals surface area contributed by atoms with E-state index in [2.05, 4.69) is 17.3 Å². The highest BCUT2D eigenvalue weighted by atomic mass is 32.2. The summed E-state index contributed by atoms with van der Waals surface area (Å²) >= 11 is 1.59. The van der Waals surface area contributed by atoms with Gasteiger partial charge in [-0.2, -0.15) is 11.8 Å². The van der Waals surface area contributed by atoms with Gasteiger partial charge in [-0.3, -0.25) is 0 Å². The molecule has 0 radical (unpaired) electrons. The summed E-state index contributed by atoms with van der Waals surface area (Å²) in [5.74, 6) is 0.850. The Labute approximate surface area is 123 Å². The molecular formula is C13H23N3O3S. The van der Waals surface area contributed by atoms with Gasteiger partial charge >= 0.3 is 12.0 Å². The van der Waals surface area contributed by atoms with Gasteiger partial charge in [0.1, 0.15) is 6.04 Å². The fourth-order valence-electron chi connectivity index (χ4n) is 2.82. The van der Waals surface area contributed by atoms with E-state index in [4.69, 9.17) is 5.11 Å². The standard InChI is InChI=1S/C13H23N3O3S/c1-15-4-2-3-10(8-15)7-14-13(19)16-5-6-20-9-11(16)12(17)18/h10-11H,2-9H2,1H3,(H,14,19)(H,17,18). The van der Waals surface area contributed by atoms with Crippen LogP contribution in [0.25, 0.3) is 0 Å². The Morgan fingerprint density at radius 3 is 2.90 bits per heavy atom. The maximum atomic E-state index is 12.2. The number of urea groups is 1. The van der Waals surface area contributed by atoms with E-state index in [0.29, 0.717) is 24.8 Å². The lowest BCUT2D eigenvalue weighted by Gasteiger charge is -2.34. The van der Waals surface area contributed by atoms with Gasteiger partial charge in [0.05, 0.1) is 0 Å². The lowest BCUT2D eigenvalue weighted by molar-refractivity contribution is -0.141. The van der Waals surface area contributed by atoms with Crippen LogP contribution in [-0.2, 0) is 4.79 Å². The molecule has 20 heavy (non-hydrogen) atoms. The van der Waals surface area contributed by atoms with E-state index in [1.807, 2.05) is 0 Å². The summed E-state index contributed by atoms with van der Waals surface area (Å²) in [6.45, 7) is 3.27. The summed E-state index contributed by atoms with van der Waals surface area (Å²) in [4.78, 5) is 27.1. The zero-order valence-electron chi connectivity index (χ0n) is 11.9. The number of rotatable bonds is 3. The minimum atomic E-state index is -0.912. The lowest BCUT2D eigenvalue weighted by atomic mass is 9.98. The first-order valence-electron chi connectivity index (χ1n) is 7.11. The molecule has 7 heteroatoms. The van der Waals surface area contributed by atoms with E-state index in [9.17, 15) is 9.59 Å². The first kappa shape index (κ1) is 15.4. The molecule has 6 nitrogen and oxygen atoms in total. The third-order valence-electron chi connectivity index (χ3n) is 3.94. The molecule has 2 atom stereocenters. The molecule has 2 fully saturated rings. The molecule has 2 unspecified atom stereocenters. The summed E-state index contributed by atoms with van der Waals surface area (Å²) in [6.07, 6.45) is 2.29. The molecule has 0 aromatic carbocycles. The number of hydrogen-bond acceptors (Lipinski definition) is 4. The second kappa shape index (κ2) is 7.17. The van der Waals surface area contributed by atoms with Crippen molar-refractivity contribution in [1.82, 2.24) is 15.1 Å². The molecule has 0 spiro atoms. The van der Waals surface area contributed by atoms with Crippen LogP contribution >= 0.6 is 11.8 Å². The van der Waals surface area contributed by atoms with Crippen molar-refractivity contribution in [3.8, 4) is 0 Å². The maximum absolute atomic E-state index is 12.2. The molecule has 0 bridgehead atoms. The van der Waals surface area contributed by atoms with E-state index in [1.54, 1.807) is 11.8 Å². The molecule has 2 saturated heterocycles. The largest absolute Gasteiger partial charge is 0.480 e. The number of amides is 2. The zero-order valence-corrected chi connectivity index (χ0v) is 12.7. The smallest absolute Gasteiger partial charge is 0.327 e. The first-order valence-corrected chi connectivity index (χ1v) is 8.27. The van der Waals surface area contributed by atoms with Crippen LogP contribution in [0, 0.1) is 5.92 Å². The van der Waals surface area contributed by atoms with Gasteiger partial charge in [0.2, 0.25) is 0 Å². The second-order valence-corrected chi connectivity index (χ2v) is 6.73. The number of nitrogens with one attached hydrogen (secondary N) is 1. The van der Waals surface area contributed by atoms with Gasteiger partial charge in [-0.25, -0.2) is 9.59 Å². The number of carboxylic acids is 1.